The molecule has 0 aliphatic rings. The number of nitrogens with one attached hydrogen (secondary N) is 1. The molecule has 0 aliphatic carbocycles. The van der Waals surface area contributed by atoms with E-state index in [1.807, 2.05) is 0 Å². The molecule has 0 radical (unpaired) electrons. The summed E-state index contributed by atoms with van der Waals surface area (Å²) in [6.07, 6.45) is -9.60. The molecule has 0 fully saturated rings. The van der Waals surface area contributed by atoms with Crippen molar-refractivity contribution in [2.75, 3.05) is 0 Å². The van der Waals surface area contributed by atoms with Gasteiger partial charge in [-0.1, -0.05) is 13.8 Å². The molecular weight excluding hydrogens is 272 g/mol. The van der Waals surface area contributed by atoms with Crippen molar-refractivity contribution in [1.29, 1.82) is 0 Å². The zero-order valence-electron chi connectivity index (χ0n) is 10.3. The summed E-state index contributed by atoms with van der Waals surface area (Å²) in [7, 11) is 0. The smallest absolute Gasteiger partial charge is 0.310 e. The summed E-state index contributed by atoms with van der Waals surface area (Å²) in [4.78, 5) is 0. The first kappa shape index (κ1) is 15.8. The molecule has 1 aromatic rings. The highest BCUT2D eigenvalue weighted by molar-refractivity contribution is 5.33. The Hall–Kier alpha value is -1.24. The molecule has 1 aromatic carbocycles. The summed E-state index contributed by atoms with van der Waals surface area (Å²) < 4.78 is 75.3. The fraction of sp³-hybridized carbons (Fsp3) is 0.500. The maximum Gasteiger partial charge on any atom is 0.416 e. The van der Waals surface area contributed by atoms with Crippen molar-refractivity contribution in [2.24, 2.45) is 0 Å². The van der Waals surface area contributed by atoms with Gasteiger partial charge in [-0.3, -0.25) is 0 Å². The molecule has 0 spiro atoms. The lowest BCUT2D eigenvalue weighted by Crippen LogP contribution is -2.22. The summed E-state index contributed by atoms with van der Waals surface area (Å²) in [6.45, 7) is 3.45. The van der Waals surface area contributed by atoms with Crippen LogP contribution in [0.3, 0.4) is 0 Å². The third-order valence-electron chi connectivity index (χ3n) is 2.36. The number of benzene rings is 1. The molecule has 0 bridgehead atoms. The molecule has 19 heavy (non-hydrogen) atoms. The number of rotatable bonds is 3. The monoisotopic (exact) mass is 285 g/mol. The molecule has 1 N–H and O–H groups in total. The Labute approximate surface area is 106 Å². The van der Waals surface area contributed by atoms with E-state index in [1.54, 1.807) is 13.8 Å². The molecule has 1 rings (SSSR count). The van der Waals surface area contributed by atoms with Crippen LogP contribution in [0.15, 0.2) is 18.2 Å². The van der Waals surface area contributed by atoms with Crippen molar-refractivity contribution in [2.45, 2.75) is 38.8 Å². The Bertz CT molecular complexity index is 401. The van der Waals surface area contributed by atoms with Crippen LogP contribution in [0.25, 0.3) is 0 Å². The Morgan fingerprint density at radius 2 is 1.32 bits per heavy atom. The van der Waals surface area contributed by atoms with Crippen molar-refractivity contribution in [1.82, 2.24) is 5.32 Å². The van der Waals surface area contributed by atoms with Crippen molar-refractivity contribution in [3.63, 3.8) is 0 Å². The first-order valence-electron chi connectivity index (χ1n) is 5.52. The van der Waals surface area contributed by atoms with Crippen LogP contribution in [0.2, 0.25) is 0 Å². The average Bonchev–Trinajstić information content (AvgIpc) is 2.23. The molecule has 0 amide bonds. The highest BCUT2D eigenvalue weighted by Crippen LogP contribution is 2.36. The highest BCUT2D eigenvalue weighted by Gasteiger charge is 2.36. The van der Waals surface area contributed by atoms with Crippen molar-refractivity contribution in [3.05, 3.63) is 34.9 Å². The van der Waals surface area contributed by atoms with Crippen LogP contribution < -0.4 is 5.32 Å². The Morgan fingerprint density at radius 3 is 1.63 bits per heavy atom. The predicted octanol–water partition coefficient (Wildman–Crippen LogP) is 4.22. The van der Waals surface area contributed by atoms with Gasteiger partial charge in [-0.25, -0.2) is 0 Å². The summed E-state index contributed by atoms with van der Waals surface area (Å²) in [5.74, 6) is 0. The lowest BCUT2D eigenvalue weighted by atomic mass is 10.0. The van der Waals surface area contributed by atoms with E-state index in [-0.39, 0.29) is 24.2 Å². The quantitative estimate of drug-likeness (QED) is 0.820. The SMILES string of the molecule is CC(C)NCc1cc(C(F)(F)F)cc(C(F)(F)F)c1. The average molecular weight is 285 g/mol. The van der Waals surface area contributed by atoms with Crippen LogP contribution in [-0.4, -0.2) is 6.04 Å². The molecule has 0 atom stereocenters. The van der Waals surface area contributed by atoms with Gasteiger partial charge in [0.15, 0.2) is 0 Å². The fourth-order valence-corrected chi connectivity index (χ4v) is 1.44. The second kappa shape index (κ2) is 5.40. The Morgan fingerprint density at radius 1 is 0.895 bits per heavy atom. The topological polar surface area (TPSA) is 12.0 Å². The van der Waals surface area contributed by atoms with Gasteiger partial charge in [-0.15, -0.1) is 0 Å². The molecule has 0 aliphatic heterocycles. The summed E-state index contributed by atoms with van der Waals surface area (Å²) >= 11 is 0. The zero-order chi connectivity index (χ0) is 14.8. The van der Waals surface area contributed by atoms with Gasteiger partial charge in [-0.05, 0) is 23.8 Å². The molecule has 7 heteroatoms. The van der Waals surface area contributed by atoms with Gasteiger partial charge in [0.25, 0.3) is 0 Å². The minimum absolute atomic E-state index is 0.0381. The van der Waals surface area contributed by atoms with Gasteiger partial charge < -0.3 is 5.32 Å². The van der Waals surface area contributed by atoms with Crippen LogP contribution in [0.5, 0.6) is 0 Å². The van der Waals surface area contributed by atoms with Gasteiger partial charge in [-0.2, -0.15) is 26.3 Å². The van der Waals surface area contributed by atoms with Gasteiger partial charge in [0, 0.05) is 12.6 Å². The fourth-order valence-electron chi connectivity index (χ4n) is 1.44. The van der Waals surface area contributed by atoms with Gasteiger partial charge in [0.1, 0.15) is 0 Å². The van der Waals surface area contributed by atoms with Crippen molar-refractivity contribution < 1.29 is 26.3 Å². The molecule has 0 heterocycles. The number of hydrogen-bond acceptors (Lipinski definition) is 1. The molecule has 0 unspecified atom stereocenters. The minimum Gasteiger partial charge on any atom is -0.310 e. The second-order valence-electron chi connectivity index (χ2n) is 4.45. The van der Waals surface area contributed by atoms with Crippen LogP contribution >= 0.6 is 0 Å². The van der Waals surface area contributed by atoms with E-state index >= 15 is 0 Å². The summed E-state index contributed by atoms with van der Waals surface area (Å²) in [5.41, 5.74) is -2.62. The summed E-state index contributed by atoms with van der Waals surface area (Å²) in [6, 6.07) is 1.54. The van der Waals surface area contributed by atoms with E-state index in [0.717, 1.165) is 12.1 Å². The van der Waals surface area contributed by atoms with E-state index in [1.165, 1.54) is 0 Å². The highest BCUT2D eigenvalue weighted by atomic mass is 19.4. The number of halogens is 6. The van der Waals surface area contributed by atoms with E-state index in [2.05, 4.69) is 5.32 Å². The molecule has 0 saturated carbocycles. The van der Waals surface area contributed by atoms with Gasteiger partial charge in [0.2, 0.25) is 0 Å². The van der Waals surface area contributed by atoms with Crippen molar-refractivity contribution in [3.8, 4) is 0 Å². The molecular formula is C12H13F6N. The minimum atomic E-state index is -4.80. The molecule has 0 saturated heterocycles. The third-order valence-corrected chi connectivity index (χ3v) is 2.36. The first-order valence-corrected chi connectivity index (χ1v) is 5.52. The predicted molar refractivity (Wildman–Crippen MR) is 58.4 cm³/mol. The van der Waals surface area contributed by atoms with E-state index in [4.69, 9.17) is 0 Å². The van der Waals surface area contributed by atoms with Gasteiger partial charge >= 0.3 is 12.4 Å². The second-order valence-corrected chi connectivity index (χ2v) is 4.45. The molecule has 108 valence electrons. The van der Waals surface area contributed by atoms with Crippen molar-refractivity contribution >= 4 is 0 Å². The van der Waals surface area contributed by atoms with Crippen LogP contribution in [0, 0.1) is 0 Å². The van der Waals surface area contributed by atoms with E-state index in [0.29, 0.717) is 0 Å². The van der Waals surface area contributed by atoms with E-state index < -0.39 is 23.5 Å². The van der Waals surface area contributed by atoms with Crippen LogP contribution in [0.1, 0.15) is 30.5 Å². The standard InChI is InChI=1S/C12H13F6N/c1-7(2)19-6-8-3-9(11(13,14)15)5-10(4-8)12(16,17)18/h3-5,7,19H,6H2,1-2H3. The number of hydrogen-bond donors (Lipinski definition) is 1. The maximum absolute atomic E-state index is 12.5. The zero-order valence-corrected chi connectivity index (χ0v) is 10.3. The lowest BCUT2D eigenvalue weighted by molar-refractivity contribution is -0.143. The van der Waals surface area contributed by atoms with Crippen LogP contribution in [0.4, 0.5) is 26.3 Å². The summed E-state index contributed by atoms with van der Waals surface area (Å²) in [5, 5.41) is 2.78. The largest absolute Gasteiger partial charge is 0.416 e. The molecule has 1 nitrogen and oxygen atoms in total. The third kappa shape index (κ3) is 4.74. The van der Waals surface area contributed by atoms with Crippen LogP contribution in [-0.2, 0) is 18.9 Å². The normalized spacial score (nSPS) is 13.1. The lowest BCUT2D eigenvalue weighted by Gasteiger charge is -2.15. The van der Waals surface area contributed by atoms with Gasteiger partial charge in [0.05, 0.1) is 11.1 Å². The first-order chi connectivity index (χ1) is 8.50. The number of alkyl halides is 6. The maximum atomic E-state index is 12.5. The Balaban J connectivity index is 3.17. The Kier molecular flexibility index (Phi) is 4.50. The molecule has 0 aromatic heterocycles. The van der Waals surface area contributed by atoms with E-state index in [9.17, 15) is 26.3 Å².